The molecule has 116 valence electrons. The normalized spacial score (nSPS) is 21.6. The van der Waals surface area contributed by atoms with Gasteiger partial charge in [0.2, 0.25) is 0 Å². The van der Waals surface area contributed by atoms with Crippen molar-refractivity contribution in [3.63, 3.8) is 0 Å². The first kappa shape index (κ1) is 13.9. The zero-order chi connectivity index (χ0) is 14.9. The van der Waals surface area contributed by atoms with Gasteiger partial charge in [-0.1, -0.05) is 0 Å². The first-order chi connectivity index (χ1) is 10.8. The van der Waals surface area contributed by atoms with Crippen LogP contribution in [0.4, 0.5) is 0 Å². The number of carbonyl (C=O) groups is 1. The number of thiophene rings is 1. The number of hydrogen-bond donors (Lipinski definition) is 2. The molecular weight excluding hydrogens is 300 g/mol. The minimum atomic E-state index is -0.0307. The largest absolute Gasteiger partial charge is 0.370 e. The number of morpholine rings is 1. The lowest BCUT2D eigenvalue weighted by Crippen LogP contribution is -2.42. The number of aromatic nitrogens is 2. The molecule has 6 nitrogen and oxygen atoms in total. The lowest BCUT2D eigenvalue weighted by atomic mass is 10.1. The molecule has 2 aliphatic rings. The Bertz CT molecular complexity index is 667. The predicted molar refractivity (Wildman–Crippen MR) is 82.9 cm³/mol. The molecule has 1 fully saturated rings. The highest BCUT2D eigenvalue weighted by molar-refractivity contribution is 7.07. The molecule has 2 aromatic rings. The van der Waals surface area contributed by atoms with E-state index in [1.54, 1.807) is 11.3 Å². The van der Waals surface area contributed by atoms with Crippen molar-refractivity contribution in [2.24, 2.45) is 0 Å². The monoisotopic (exact) mass is 318 g/mol. The van der Waals surface area contributed by atoms with Crippen LogP contribution in [0.3, 0.4) is 0 Å². The number of H-pyrrole nitrogens is 1. The molecule has 2 N–H and O–H groups in total. The number of amides is 1. The number of hydrogen-bond acceptors (Lipinski definition) is 5. The zero-order valence-electron chi connectivity index (χ0n) is 12.2. The van der Waals surface area contributed by atoms with Crippen molar-refractivity contribution in [2.75, 3.05) is 26.2 Å². The summed E-state index contributed by atoms with van der Waals surface area (Å²) in [5, 5.41) is 14.7. The van der Waals surface area contributed by atoms with E-state index in [0.29, 0.717) is 31.9 Å². The number of nitrogens with zero attached hydrogens (tertiary/aromatic N) is 2. The van der Waals surface area contributed by atoms with Crippen molar-refractivity contribution in [3.05, 3.63) is 39.3 Å². The summed E-state index contributed by atoms with van der Waals surface area (Å²) in [4.78, 5) is 14.7. The van der Waals surface area contributed by atoms with Crippen molar-refractivity contribution in [2.45, 2.75) is 19.1 Å². The highest BCUT2D eigenvalue weighted by atomic mass is 32.1. The third-order valence-corrected chi connectivity index (χ3v) is 4.98. The Morgan fingerprint density at radius 2 is 2.45 bits per heavy atom. The van der Waals surface area contributed by atoms with Gasteiger partial charge in [0.25, 0.3) is 5.91 Å². The van der Waals surface area contributed by atoms with Gasteiger partial charge in [-0.3, -0.25) is 9.89 Å². The number of aromatic amines is 1. The van der Waals surface area contributed by atoms with Gasteiger partial charge in [-0.15, -0.1) is 0 Å². The minimum absolute atomic E-state index is 0.00438. The van der Waals surface area contributed by atoms with Crippen LogP contribution in [0.2, 0.25) is 0 Å². The molecule has 1 amide bonds. The van der Waals surface area contributed by atoms with Crippen LogP contribution in [0.15, 0.2) is 16.8 Å². The first-order valence-corrected chi connectivity index (χ1v) is 8.47. The van der Waals surface area contributed by atoms with Gasteiger partial charge in [0.15, 0.2) is 5.69 Å². The highest BCUT2D eigenvalue weighted by Gasteiger charge is 2.30. The third-order valence-electron chi connectivity index (χ3n) is 4.28. The molecule has 0 aliphatic carbocycles. The SMILES string of the molecule is O=C(c1n[nH]c2c1CNCC2)N1CCOC(c2ccsc2)C1. The first-order valence-electron chi connectivity index (χ1n) is 7.53. The highest BCUT2D eigenvalue weighted by Crippen LogP contribution is 2.26. The Kier molecular flexibility index (Phi) is 3.69. The molecule has 22 heavy (non-hydrogen) atoms. The summed E-state index contributed by atoms with van der Waals surface area (Å²) in [6.07, 6.45) is 0.868. The molecule has 0 aromatic carbocycles. The van der Waals surface area contributed by atoms with E-state index < -0.39 is 0 Å². The molecule has 0 bridgehead atoms. The van der Waals surface area contributed by atoms with E-state index in [2.05, 4.69) is 27.0 Å². The summed E-state index contributed by atoms with van der Waals surface area (Å²) in [7, 11) is 0. The minimum Gasteiger partial charge on any atom is -0.370 e. The van der Waals surface area contributed by atoms with Gasteiger partial charge in [-0.05, 0) is 22.4 Å². The fraction of sp³-hybridized carbons (Fsp3) is 0.467. The number of rotatable bonds is 2. The quantitative estimate of drug-likeness (QED) is 0.876. The van der Waals surface area contributed by atoms with Crippen molar-refractivity contribution in [1.82, 2.24) is 20.4 Å². The maximum atomic E-state index is 12.8. The summed E-state index contributed by atoms with van der Waals surface area (Å²) in [6, 6.07) is 2.06. The van der Waals surface area contributed by atoms with E-state index in [-0.39, 0.29) is 12.0 Å². The molecule has 4 rings (SSSR count). The number of nitrogens with one attached hydrogen (secondary N) is 2. The average Bonchev–Trinajstić information content (AvgIpc) is 3.24. The topological polar surface area (TPSA) is 70.2 Å². The van der Waals surface area contributed by atoms with E-state index in [9.17, 15) is 4.79 Å². The van der Waals surface area contributed by atoms with Crippen LogP contribution in [0.25, 0.3) is 0 Å². The van der Waals surface area contributed by atoms with Gasteiger partial charge < -0.3 is 15.0 Å². The van der Waals surface area contributed by atoms with E-state index in [0.717, 1.165) is 29.8 Å². The van der Waals surface area contributed by atoms with Gasteiger partial charge in [0.05, 0.1) is 13.2 Å². The van der Waals surface area contributed by atoms with E-state index in [4.69, 9.17) is 4.74 Å². The molecule has 1 saturated heterocycles. The number of fused-ring (bicyclic) bond motifs is 1. The Morgan fingerprint density at radius 1 is 1.50 bits per heavy atom. The molecule has 2 aromatic heterocycles. The lowest BCUT2D eigenvalue weighted by molar-refractivity contribution is -0.0228. The second kappa shape index (κ2) is 5.83. The Hall–Kier alpha value is -1.70. The summed E-state index contributed by atoms with van der Waals surface area (Å²) < 4.78 is 5.80. The maximum Gasteiger partial charge on any atom is 0.274 e. The molecule has 0 saturated carbocycles. The van der Waals surface area contributed by atoms with Crippen LogP contribution < -0.4 is 5.32 Å². The molecule has 0 spiro atoms. The molecule has 4 heterocycles. The third kappa shape index (κ3) is 2.45. The number of carbonyl (C=O) groups excluding carboxylic acids is 1. The number of ether oxygens (including phenoxy) is 1. The smallest absolute Gasteiger partial charge is 0.274 e. The fourth-order valence-corrected chi connectivity index (χ4v) is 3.75. The summed E-state index contributed by atoms with van der Waals surface area (Å²) in [5.41, 5.74) is 3.82. The van der Waals surface area contributed by atoms with Crippen LogP contribution in [0, 0.1) is 0 Å². The molecule has 0 radical (unpaired) electrons. The standard InChI is InChI=1S/C15H18N4O2S/c20-15(14-11-7-16-3-1-12(11)17-18-14)19-4-5-21-13(8-19)10-2-6-22-9-10/h2,6,9,13,16H,1,3-5,7-8H2,(H,17,18). The fourth-order valence-electron chi connectivity index (χ4n) is 3.05. The Morgan fingerprint density at radius 3 is 3.32 bits per heavy atom. The van der Waals surface area contributed by atoms with Crippen molar-refractivity contribution >= 4 is 17.2 Å². The molecule has 2 aliphatic heterocycles. The predicted octanol–water partition coefficient (Wildman–Crippen LogP) is 1.33. The summed E-state index contributed by atoms with van der Waals surface area (Å²) >= 11 is 1.65. The summed E-state index contributed by atoms with van der Waals surface area (Å²) in [6.45, 7) is 3.42. The van der Waals surface area contributed by atoms with Crippen LogP contribution in [0.1, 0.15) is 33.4 Å². The van der Waals surface area contributed by atoms with Crippen LogP contribution >= 0.6 is 11.3 Å². The van der Waals surface area contributed by atoms with Crippen LogP contribution in [-0.2, 0) is 17.7 Å². The van der Waals surface area contributed by atoms with E-state index >= 15 is 0 Å². The Balaban J connectivity index is 1.54. The molecule has 1 unspecified atom stereocenters. The van der Waals surface area contributed by atoms with Gasteiger partial charge >= 0.3 is 0 Å². The van der Waals surface area contributed by atoms with Gasteiger partial charge in [-0.2, -0.15) is 16.4 Å². The summed E-state index contributed by atoms with van der Waals surface area (Å²) in [5.74, 6) is 0.00438. The maximum absolute atomic E-state index is 12.8. The van der Waals surface area contributed by atoms with Gasteiger partial charge in [-0.25, -0.2) is 0 Å². The van der Waals surface area contributed by atoms with Crippen molar-refractivity contribution in [1.29, 1.82) is 0 Å². The zero-order valence-corrected chi connectivity index (χ0v) is 13.0. The molecule has 1 atom stereocenters. The lowest BCUT2D eigenvalue weighted by Gasteiger charge is -2.32. The Labute approximate surface area is 132 Å². The van der Waals surface area contributed by atoms with E-state index in [1.807, 2.05) is 10.3 Å². The second-order valence-electron chi connectivity index (χ2n) is 5.62. The van der Waals surface area contributed by atoms with Crippen LogP contribution in [-0.4, -0.2) is 47.2 Å². The van der Waals surface area contributed by atoms with Gasteiger partial charge in [0, 0.05) is 37.3 Å². The van der Waals surface area contributed by atoms with Crippen molar-refractivity contribution in [3.8, 4) is 0 Å². The van der Waals surface area contributed by atoms with E-state index in [1.165, 1.54) is 0 Å². The van der Waals surface area contributed by atoms with Crippen LogP contribution in [0.5, 0.6) is 0 Å². The van der Waals surface area contributed by atoms with Crippen molar-refractivity contribution < 1.29 is 9.53 Å². The van der Waals surface area contributed by atoms with Gasteiger partial charge in [0.1, 0.15) is 6.10 Å². The second-order valence-corrected chi connectivity index (χ2v) is 6.40. The average molecular weight is 318 g/mol. The molecular formula is C15H18N4O2S. The molecule has 7 heteroatoms.